The Morgan fingerprint density at radius 3 is 2.25 bits per heavy atom. The van der Waals surface area contributed by atoms with E-state index in [4.69, 9.17) is 5.11 Å². The van der Waals surface area contributed by atoms with E-state index in [9.17, 15) is 4.79 Å². The fraction of sp³-hybridized carbons (Fsp3) is 0.667. The van der Waals surface area contributed by atoms with Crippen LogP contribution in [0.25, 0.3) is 0 Å². The van der Waals surface area contributed by atoms with Crippen LogP contribution in [-0.2, 0) is 4.79 Å². The molecule has 3 heteroatoms. The van der Waals surface area contributed by atoms with Crippen molar-refractivity contribution in [3.8, 4) is 0 Å². The van der Waals surface area contributed by atoms with Crippen molar-refractivity contribution in [3.63, 3.8) is 0 Å². The predicted octanol–water partition coefficient (Wildman–Crippen LogP) is 2.41. The van der Waals surface area contributed by atoms with E-state index in [2.05, 4.69) is 13.5 Å². The molecule has 0 amide bonds. The summed E-state index contributed by atoms with van der Waals surface area (Å²) in [7, 11) is 0. The molecule has 0 aromatic carbocycles. The van der Waals surface area contributed by atoms with Gasteiger partial charge in [0.2, 0.25) is 0 Å². The van der Waals surface area contributed by atoms with Gasteiger partial charge in [-0.15, -0.1) is 0 Å². The van der Waals surface area contributed by atoms with Crippen molar-refractivity contribution in [1.29, 1.82) is 0 Å². The van der Waals surface area contributed by atoms with Gasteiger partial charge in [0.15, 0.2) is 0 Å². The second-order valence-corrected chi connectivity index (χ2v) is 3.78. The van der Waals surface area contributed by atoms with E-state index in [-0.39, 0.29) is 0 Å². The van der Waals surface area contributed by atoms with Crippen molar-refractivity contribution in [2.24, 2.45) is 0 Å². The molecule has 0 aliphatic carbocycles. The normalized spacial score (nSPS) is 8.17. The summed E-state index contributed by atoms with van der Waals surface area (Å²) in [5.74, 6) is -0.981. The number of carboxylic acid groups (broad SMARTS) is 1. The van der Waals surface area contributed by atoms with Crippen molar-refractivity contribution in [2.45, 2.75) is 37.0 Å². The standard InChI is InChI=1S/C6H13.C3H4O2.Sn/c1-3-5-6-4-2;1-2-3(4)5;/h1,3-6H2,2H3;2H,1H2,(H,4,5);. The summed E-state index contributed by atoms with van der Waals surface area (Å²) in [5.41, 5.74) is 0. The van der Waals surface area contributed by atoms with E-state index in [0.717, 1.165) is 6.08 Å². The Bertz CT molecular complexity index is 109. The van der Waals surface area contributed by atoms with Crippen LogP contribution in [0.15, 0.2) is 12.7 Å². The average Bonchev–Trinajstić information content (AvgIpc) is 2.07. The first-order valence-electron chi connectivity index (χ1n) is 4.19. The van der Waals surface area contributed by atoms with Crippen LogP contribution in [0.4, 0.5) is 0 Å². The van der Waals surface area contributed by atoms with Crippen molar-refractivity contribution >= 4 is 28.5 Å². The van der Waals surface area contributed by atoms with E-state index in [1.165, 1.54) is 30.1 Å². The Hall–Kier alpha value is 0.00870. The second kappa shape index (κ2) is 13.6. The van der Waals surface area contributed by atoms with Gasteiger partial charge in [-0.3, -0.25) is 0 Å². The topological polar surface area (TPSA) is 37.3 Å². The molecule has 0 aliphatic heterocycles. The second-order valence-electron chi connectivity index (χ2n) is 2.35. The molecule has 0 spiro atoms. The molecule has 0 saturated carbocycles. The van der Waals surface area contributed by atoms with Gasteiger partial charge >= 0.3 is 65.5 Å². The zero-order chi connectivity index (χ0) is 9.82. The molecule has 3 radical (unpaired) electrons. The number of aliphatic carboxylic acids is 1. The fourth-order valence-electron chi connectivity index (χ4n) is 0.552. The molecule has 0 bridgehead atoms. The van der Waals surface area contributed by atoms with E-state index in [1.54, 1.807) is 22.5 Å². The first-order chi connectivity index (χ1) is 5.68. The first-order valence-corrected chi connectivity index (χ1v) is 6.20. The molecule has 1 N–H and O–H groups in total. The molecule has 0 atom stereocenters. The monoisotopic (exact) mass is 277 g/mol. The molecule has 0 fully saturated rings. The van der Waals surface area contributed by atoms with Crippen LogP contribution in [0.2, 0.25) is 4.44 Å². The van der Waals surface area contributed by atoms with Crippen LogP contribution >= 0.6 is 0 Å². The molecule has 69 valence electrons. The fourth-order valence-corrected chi connectivity index (χ4v) is 1.27. The molecule has 0 aliphatic rings. The quantitative estimate of drug-likeness (QED) is 0.475. The van der Waals surface area contributed by atoms with Crippen LogP contribution in [0.5, 0.6) is 0 Å². The minimum absolute atomic E-state index is 0.833. The number of rotatable bonds is 5. The van der Waals surface area contributed by atoms with Gasteiger partial charge in [-0.05, 0) is 0 Å². The van der Waals surface area contributed by atoms with Crippen LogP contribution in [-0.4, -0.2) is 33.6 Å². The van der Waals surface area contributed by atoms with Crippen molar-refractivity contribution in [3.05, 3.63) is 12.7 Å². The third kappa shape index (κ3) is 22.5. The maximum absolute atomic E-state index is 9.25. The molecule has 2 nitrogen and oxygen atoms in total. The third-order valence-electron chi connectivity index (χ3n) is 1.20. The first kappa shape index (κ1) is 14.5. The van der Waals surface area contributed by atoms with Crippen molar-refractivity contribution < 1.29 is 9.90 Å². The van der Waals surface area contributed by atoms with Crippen LogP contribution in [0.3, 0.4) is 0 Å². The SMILES string of the molecule is C=CC(=O)O.CCCCC[CH2][Sn]. The predicted molar refractivity (Wildman–Crippen MR) is 52.5 cm³/mol. The number of hydrogen-bond donors (Lipinski definition) is 1. The van der Waals surface area contributed by atoms with E-state index >= 15 is 0 Å². The van der Waals surface area contributed by atoms with Gasteiger partial charge < -0.3 is 5.11 Å². The zero-order valence-corrected chi connectivity index (χ0v) is 10.5. The number of carboxylic acids is 1. The Labute approximate surface area is 88.1 Å². The van der Waals surface area contributed by atoms with Gasteiger partial charge in [-0.2, -0.15) is 0 Å². The van der Waals surface area contributed by atoms with Crippen LogP contribution < -0.4 is 0 Å². The third-order valence-corrected chi connectivity index (χ3v) is 2.21. The minimum atomic E-state index is -0.981. The summed E-state index contributed by atoms with van der Waals surface area (Å²) >= 11 is 1.70. The van der Waals surface area contributed by atoms with E-state index in [0.29, 0.717) is 0 Å². The van der Waals surface area contributed by atoms with Crippen LogP contribution in [0.1, 0.15) is 32.6 Å². The molecule has 12 heavy (non-hydrogen) atoms. The maximum atomic E-state index is 9.25. The molecule has 0 aromatic heterocycles. The van der Waals surface area contributed by atoms with Gasteiger partial charge in [0.25, 0.3) is 0 Å². The summed E-state index contributed by atoms with van der Waals surface area (Å²) < 4.78 is 1.45. The van der Waals surface area contributed by atoms with E-state index in [1.807, 2.05) is 0 Å². The number of carbonyl (C=O) groups is 1. The molecule has 0 unspecified atom stereocenters. The molecular weight excluding hydrogens is 259 g/mol. The summed E-state index contributed by atoms with van der Waals surface area (Å²) in [5, 5.41) is 7.60. The van der Waals surface area contributed by atoms with Gasteiger partial charge in [-0.25, -0.2) is 4.79 Å². The molecular formula is C9H17O2Sn. The summed E-state index contributed by atoms with van der Waals surface area (Å²) in [6, 6.07) is 0. The van der Waals surface area contributed by atoms with Gasteiger partial charge in [0.05, 0.1) is 0 Å². The van der Waals surface area contributed by atoms with Gasteiger partial charge in [0.1, 0.15) is 0 Å². The van der Waals surface area contributed by atoms with Gasteiger partial charge in [0, 0.05) is 6.08 Å². The average molecular weight is 276 g/mol. The molecule has 0 saturated heterocycles. The Morgan fingerprint density at radius 1 is 1.50 bits per heavy atom. The number of hydrogen-bond acceptors (Lipinski definition) is 1. The molecule has 0 aromatic rings. The van der Waals surface area contributed by atoms with Crippen molar-refractivity contribution in [1.82, 2.24) is 0 Å². The number of unbranched alkanes of at least 4 members (excludes halogenated alkanes) is 3. The Morgan fingerprint density at radius 2 is 2.00 bits per heavy atom. The molecule has 0 rings (SSSR count). The Kier molecular flexibility index (Phi) is 16.5. The van der Waals surface area contributed by atoms with Crippen molar-refractivity contribution in [2.75, 3.05) is 0 Å². The van der Waals surface area contributed by atoms with Crippen LogP contribution in [0, 0.1) is 0 Å². The summed E-state index contributed by atoms with van der Waals surface area (Å²) in [6.45, 7) is 5.21. The zero-order valence-electron chi connectivity index (χ0n) is 7.68. The van der Waals surface area contributed by atoms with Gasteiger partial charge in [-0.1, -0.05) is 6.58 Å². The molecule has 0 heterocycles. The van der Waals surface area contributed by atoms with E-state index < -0.39 is 5.97 Å². The summed E-state index contributed by atoms with van der Waals surface area (Å²) in [4.78, 5) is 9.25. The Balaban J connectivity index is 0. The summed E-state index contributed by atoms with van der Waals surface area (Å²) in [6.07, 6.45) is 6.57.